The highest BCUT2D eigenvalue weighted by atomic mass is 16.3. The van der Waals surface area contributed by atoms with Gasteiger partial charge in [-0.3, -0.25) is 0 Å². The molecule has 0 aliphatic heterocycles. The second-order valence-corrected chi connectivity index (χ2v) is 28.8. The number of hydrogen-bond donors (Lipinski definition) is 0. The molecule has 0 N–H and O–H groups in total. The molecule has 4 heterocycles. The van der Waals surface area contributed by atoms with Crippen LogP contribution in [0.15, 0.2) is 381 Å². The number of furan rings is 1. The van der Waals surface area contributed by atoms with Crippen molar-refractivity contribution < 1.29 is 4.42 Å². The molecule has 20 aromatic rings. The van der Waals surface area contributed by atoms with E-state index in [9.17, 15) is 0 Å². The molecule has 4 aromatic heterocycles. The maximum atomic E-state index is 6.39. The van der Waals surface area contributed by atoms with Crippen molar-refractivity contribution >= 4 is 105 Å². The summed E-state index contributed by atoms with van der Waals surface area (Å²) in [5.41, 5.74) is 32.3. The predicted molar refractivity (Wildman–Crippen MR) is 445 cm³/mol. The molecule has 0 bridgehead atoms. The Morgan fingerprint density at radius 3 is 1.27 bits per heavy atom. The molecule has 0 saturated carbocycles. The highest BCUT2D eigenvalue weighted by Crippen LogP contribution is 2.53. The number of aromatic nitrogens is 2. The molecule has 0 spiro atoms. The maximum absolute atomic E-state index is 6.39. The number of anilines is 6. The number of rotatable bonds is 13. The van der Waals surface area contributed by atoms with Crippen molar-refractivity contribution in [3.63, 3.8) is 0 Å². The van der Waals surface area contributed by atoms with Crippen molar-refractivity contribution in [2.24, 2.45) is 0 Å². The normalized spacial score (nSPS) is 12.5. The van der Waals surface area contributed by atoms with Crippen LogP contribution in [-0.2, 0) is 5.41 Å². The number of para-hydroxylation sites is 5. The summed E-state index contributed by atoms with van der Waals surface area (Å²) in [7, 11) is 0. The van der Waals surface area contributed by atoms with Crippen molar-refractivity contribution in [3.05, 3.63) is 387 Å². The van der Waals surface area contributed by atoms with Gasteiger partial charge >= 0.3 is 0 Å². The fourth-order valence-electron chi connectivity index (χ4n) is 17.2. The molecule has 5 heteroatoms. The van der Waals surface area contributed by atoms with E-state index in [1.165, 1.54) is 121 Å². The van der Waals surface area contributed by atoms with Gasteiger partial charge in [-0.15, -0.1) is 0 Å². The molecule has 0 unspecified atom stereocenters. The lowest BCUT2D eigenvalue weighted by Crippen LogP contribution is -2.16. The van der Waals surface area contributed by atoms with Crippen LogP contribution in [0.2, 0.25) is 0 Å². The Labute approximate surface area is 614 Å². The molecule has 0 fully saturated rings. The van der Waals surface area contributed by atoms with Gasteiger partial charge in [-0.05, 0) is 242 Å². The average molecular weight is 1350 g/mol. The minimum Gasteiger partial charge on any atom is -0.456 e. The van der Waals surface area contributed by atoms with E-state index in [4.69, 9.17) is 4.42 Å². The van der Waals surface area contributed by atoms with Crippen LogP contribution < -0.4 is 9.80 Å². The van der Waals surface area contributed by atoms with Gasteiger partial charge in [0.05, 0.1) is 27.6 Å². The van der Waals surface area contributed by atoms with E-state index in [0.29, 0.717) is 0 Å². The minimum absolute atomic E-state index is 0.271. The Morgan fingerprint density at radius 1 is 0.255 bits per heavy atom. The summed E-state index contributed by atoms with van der Waals surface area (Å²) >= 11 is 0. The van der Waals surface area contributed by atoms with Crippen LogP contribution in [0, 0.1) is 0 Å². The van der Waals surface area contributed by atoms with E-state index in [2.05, 4.69) is 397 Å². The second-order valence-electron chi connectivity index (χ2n) is 28.8. The van der Waals surface area contributed by atoms with Crippen LogP contribution >= 0.6 is 0 Å². The van der Waals surface area contributed by atoms with E-state index in [1.54, 1.807) is 0 Å². The van der Waals surface area contributed by atoms with Gasteiger partial charge in [0.25, 0.3) is 0 Å². The summed E-state index contributed by atoms with van der Waals surface area (Å²) in [6.07, 6.45) is 0. The summed E-state index contributed by atoms with van der Waals surface area (Å²) in [5.74, 6) is 0.851. The SMILES string of the molecule is CC1(C)c2ccc(-c3cccc(-c4ccc(N(c5ccc(-c6ccccc6)cc5)c5ccc(-c6cc7c8ccccc8n8c9ccccc9c(c6)c78)cc5)cc4)c3)cc2-c2ccc(N(c3ccc(-c4ccc5c(c4)c4ccccc4n5-c4ccccc4)cc3)c3ccc(-c4cc5ccccc5o4)cc3)cc21. The Hall–Kier alpha value is -13.7. The largest absolute Gasteiger partial charge is 0.456 e. The lowest BCUT2D eigenvalue weighted by atomic mass is 9.82. The number of fused-ring (bicyclic) bond motifs is 13. The minimum atomic E-state index is -0.271. The average Bonchev–Trinajstić information content (AvgIpc) is 1.53. The highest BCUT2D eigenvalue weighted by Gasteiger charge is 2.37. The van der Waals surface area contributed by atoms with Gasteiger partial charge in [-0.1, -0.05) is 226 Å². The molecule has 21 rings (SSSR count). The topological polar surface area (TPSA) is 29.0 Å². The predicted octanol–water partition coefficient (Wildman–Crippen LogP) is 27.9. The van der Waals surface area contributed by atoms with Crippen LogP contribution in [0.25, 0.3) is 155 Å². The summed E-state index contributed by atoms with van der Waals surface area (Å²) in [4.78, 5) is 4.78. The maximum Gasteiger partial charge on any atom is 0.135 e. The van der Waals surface area contributed by atoms with Gasteiger partial charge in [0.2, 0.25) is 0 Å². The van der Waals surface area contributed by atoms with E-state index >= 15 is 0 Å². The molecule has 1 aliphatic carbocycles. The summed E-state index contributed by atoms with van der Waals surface area (Å²) in [6.45, 7) is 4.76. The van der Waals surface area contributed by atoms with Crippen LogP contribution in [0.1, 0.15) is 25.0 Å². The van der Waals surface area contributed by atoms with Crippen molar-refractivity contribution in [3.8, 4) is 83.8 Å². The molecular weight excluding hydrogens is 1290 g/mol. The number of benzene rings is 16. The molecular formula is C101H68N4O. The first-order chi connectivity index (χ1) is 52.3. The summed E-state index contributed by atoms with van der Waals surface area (Å²) in [5, 5.41) is 8.68. The van der Waals surface area contributed by atoms with Crippen LogP contribution in [0.4, 0.5) is 34.1 Å². The van der Waals surface area contributed by atoms with Gasteiger partial charge in [0.15, 0.2) is 0 Å². The van der Waals surface area contributed by atoms with E-state index < -0.39 is 0 Å². The molecule has 106 heavy (non-hydrogen) atoms. The molecule has 0 atom stereocenters. The second kappa shape index (κ2) is 24.2. The number of nitrogens with zero attached hydrogens (tertiary/aromatic N) is 4. The summed E-state index contributed by atoms with van der Waals surface area (Å²) in [6, 6.07) is 138. The third-order valence-corrected chi connectivity index (χ3v) is 22.4. The third kappa shape index (κ3) is 9.92. The first-order valence-electron chi connectivity index (χ1n) is 36.6. The molecule has 5 nitrogen and oxygen atoms in total. The molecule has 0 saturated heterocycles. The lowest BCUT2D eigenvalue weighted by molar-refractivity contribution is 0.631. The van der Waals surface area contributed by atoms with Gasteiger partial charge in [0, 0.05) is 88.5 Å². The summed E-state index contributed by atoms with van der Waals surface area (Å²) < 4.78 is 11.2. The quantitative estimate of drug-likeness (QED) is 0.115. The zero-order chi connectivity index (χ0) is 70.1. The fraction of sp³-hybridized carbons (Fsp3) is 0.0297. The molecule has 0 amide bonds. The molecule has 498 valence electrons. The van der Waals surface area contributed by atoms with Crippen molar-refractivity contribution in [1.82, 2.24) is 8.97 Å². The Kier molecular flexibility index (Phi) is 13.9. The fourth-order valence-corrected chi connectivity index (χ4v) is 17.2. The zero-order valence-corrected chi connectivity index (χ0v) is 58.5. The third-order valence-electron chi connectivity index (χ3n) is 22.4. The first-order valence-corrected chi connectivity index (χ1v) is 36.6. The van der Waals surface area contributed by atoms with Crippen LogP contribution in [-0.4, -0.2) is 8.97 Å². The van der Waals surface area contributed by atoms with E-state index in [0.717, 1.165) is 78.8 Å². The number of hydrogen-bond acceptors (Lipinski definition) is 3. The first kappa shape index (κ1) is 61.0. The molecule has 1 aliphatic rings. The Morgan fingerprint density at radius 2 is 0.670 bits per heavy atom. The van der Waals surface area contributed by atoms with E-state index in [1.807, 2.05) is 12.1 Å². The van der Waals surface area contributed by atoms with Crippen LogP contribution in [0.5, 0.6) is 0 Å². The van der Waals surface area contributed by atoms with Crippen molar-refractivity contribution in [1.29, 1.82) is 0 Å². The standard InChI is InChI=1S/C101H68N4O/c1-101(2)92-56-42-74(59-88(92)84-55-54-83(64-93(84)101)103(82-52-40-70(41-53-82)99-63-75-20-9-16-31-98(75)106-99)81-48-36-68(37-49-81)73-43-57-97-89(60-73)85-25-10-13-28-94(85)104(97)77-23-7-4-8-24-77)72-22-17-21-71(58-72)67-34-46-79(47-35-67)102(78-44-32-66(33-45-78)65-18-5-3-6-19-65)80-50-38-69(39-51-80)76-61-90-86-26-11-14-29-95(86)105-96-30-15-12-27-87(96)91(62-76)100(90)105/h3-64H,1-2H3. The molecule has 0 radical (unpaired) electrons. The Balaban J connectivity index is 0.598. The van der Waals surface area contributed by atoms with Gasteiger partial charge in [-0.25, -0.2) is 0 Å². The van der Waals surface area contributed by atoms with E-state index in [-0.39, 0.29) is 5.41 Å². The molecule has 16 aromatic carbocycles. The Bertz CT molecular complexity index is 6690. The monoisotopic (exact) mass is 1350 g/mol. The van der Waals surface area contributed by atoms with Gasteiger partial charge in [-0.2, -0.15) is 0 Å². The van der Waals surface area contributed by atoms with Gasteiger partial charge in [0.1, 0.15) is 11.3 Å². The zero-order valence-electron chi connectivity index (χ0n) is 58.5. The highest BCUT2D eigenvalue weighted by molar-refractivity contribution is 6.24. The van der Waals surface area contributed by atoms with Gasteiger partial charge < -0.3 is 23.2 Å². The van der Waals surface area contributed by atoms with Crippen molar-refractivity contribution in [2.75, 3.05) is 9.80 Å². The van der Waals surface area contributed by atoms with Crippen LogP contribution in [0.3, 0.4) is 0 Å². The lowest BCUT2D eigenvalue weighted by Gasteiger charge is -2.28. The van der Waals surface area contributed by atoms with Crippen molar-refractivity contribution in [2.45, 2.75) is 19.3 Å². The smallest absolute Gasteiger partial charge is 0.135 e.